The van der Waals surface area contributed by atoms with E-state index in [-0.39, 0.29) is 39.9 Å². The fourth-order valence-electron chi connectivity index (χ4n) is 3.24. The Morgan fingerprint density at radius 1 is 0.935 bits per heavy atom. The second-order valence-electron chi connectivity index (χ2n) is 7.29. The summed E-state index contributed by atoms with van der Waals surface area (Å²) in [7, 11) is 0. The Balaban J connectivity index is 1.78. The van der Waals surface area contributed by atoms with Gasteiger partial charge in [0.15, 0.2) is 12.4 Å². The quantitative estimate of drug-likeness (QED) is 0.318. The number of carbonyl (C=O) groups is 1. The molecule has 4 rings (SSSR count). The zero-order chi connectivity index (χ0) is 22.1. The summed E-state index contributed by atoms with van der Waals surface area (Å²) >= 11 is 12.0. The Bertz CT molecular complexity index is 1350. The number of benzene rings is 3. The number of hydrogen-bond donors (Lipinski definition) is 0. The highest BCUT2D eigenvalue weighted by Crippen LogP contribution is 2.32. The van der Waals surface area contributed by atoms with E-state index in [1.54, 1.807) is 18.2 Å². The lowest BCUT2D eigenvalue weighted by molar-refractivity contribution is 0.0920. The Morgan fingerprint density at radius 3 is 2.35 bits per heavy atom. The van der Waals surface area contributed by atoms with Gasteiger partial charge in [0.25, 0.3) is 0 Å². The second kappa shape index (κ2) is 8.58. The van der Waals surface area contributed by atoms with Gasteiger partial charge in [-0.3, -0.25) is 9.59 Å². The van der Waals surface area contributed by atoms with Gasteiger partial charge < -0.3 is 9.15 Å². The van der Waals surface area contributed by atoms with E-state index in [0.29, 0.717) is 21.6 Å². The molecule has 3 aromatic carbocycles. The third-order valence-electron chi connectivity index (χ3n) is 4.90. The summed E-state index contributed by atoms with van der Waals surface area (Å²) in [6.07, 6.45) is 0. The molecule has 6 heteroatoms. The molecule has 0 spiro atoms. The molecule has 0 amide bonds. The van der Waals surface area contributed by atoms with Crippen molar-refractivity contribution in [2.24, 2.45) is 0 Å². The fraction of sp³-hybridized carbons (Fsp3) is 0.120. The molecule has 0 aliphatic rings. The molecule has 4 aromatic rings. The molecule has 0 aliphatic heterocycles. The Labute approximate surface area is 189 Å². The molecule has 1 heterocycles. The normalized spacial score (nSPS) is 11.0. The molecule has 0 N–H and O–H groups in total. The van der Waals surface area contributed by atoms with E-state index in [9.17, 15) is 9.59 Å². The minimum Gasteiger partial charge on any atom is -0.478 e. The summed E-state index contributed by atoms with van der Waals surface area (Å²) in [5, 5.41) is 1.03. The minimum absolute atomic E-state index is 0.0151. The van der Waals surface area contributed by atoms with E-state index < -0.39 is 0 Å². The second-order valence-corrected chi connectivity index (χ2v) is 8.13. The standard InChI is InChI=1S/C25H18Cl2O4/c1-14-3-6-16(7-4-14)24-25(23(29)19-9-5-15(2)11-22(19)31-24)30-13-21(28)18-10-8-17(26)12-20(18)27/h3-12H,13H2,1-2H3. The number of rotatable bonds is 5. The van der Waals surface area contributed by atoms with Crippen molar-refractivity contribution in [2.45, 2.75) is 13.8 Å². The summed E-state index contributed by atoms with van der Waals surface area (Å²) in [6.45, 7) is 3.52. The predicted molar refractivity (Wildman–Crippen MR) is 124 cm³/mol. The van der Waals surface area contributed by atoms with E-state index in [4.69, 9.17) is 32.4 Å². The van der Waals surface area contributed by atoms with Crippen molar-refractivity contribution in [1.29, 1.82) is 0 Å². The van der Waals surface area contributed by atoms with E-state index in [1.807, 2.05) is 44.2 Å². The maximum Gasteiger partial charge on any atom is 0.235 e. The van der Waals surface area contributed by atoms with Gasteiger partial charge >= 0.3 is 0 Å². The first kappa shape index (κ1) is 21.2. The first-order valence-corrected chi connectivity index (χ1v) is 10.3. The van der Waals surface area contributed by atoms with Crippen LogP contribution in [0.1, 0.15) is 21.5 Å². The summed E-state index contributed by atoms with van der Waals surface area (Å²) < 4.78 is 11.8. The third-order valence-corrected chi connectivity index (χ3v) is 5.45. The van der Waals surface area contributed by atoms with Crippen LogP contribution in [0.4, 0.5) is 0 Å². The summed E-state index contributed by atoms with van der Waals surface area (Å²) in [6, 6.07) is 17.4. The topological polar surface area (TPSA) is 56.5 Å². The van der Waals surface area contributed by atoms with Crippen molar-refractivity contribution >= 4 is 40.0 Å². The van der Waals surface area contributed by atoms with Gasteiger partial charge in [0.1, 0.15) is 5.58 Å². The molecule has 156 valence electrons. The fourth-order valence-corrected chi connectivity index (χ4v) is 3.75. The summed E-state index contributed by atoms with van der Waals surface area (Å²) in [4.78, 5) is 25.9. The van der Waals surface area contributed by atoms with E-state index in [2.05, 4.69) is 0 Å². The lowest BCUT2D eigenvalue weighted by atomic mass is 10.1. The molecular weight excluding hydrogens is 435 g/mol. The van der Waals surface area contributed by atoms with Crippen LogP contribution in [-0.2, 0) is 0 Å². The Morgan fingerprint density at radius 2 is 1.65 bits per heavy atom. The van der Waals surface area contributed by atoms with Gasteiger partial charge in [0.05, 0.1) is 10.4 Å². The number of hydrogen-bond acceptors (Lipinski definition) is 4. The smallest absolute Gasteiger partial charge is 0.235 e. The Hall–Kier alpha value is -3.08. The van der Waals surface area contributed by atoms with Crippen molar-refractivity contribution in [1.82, 2.24) is 0 Å². The average Bonchev–Trinajstić information content (AvgIpc) is 2.73. The number of fused-ring (bicyclic) bond motifs is 1. The Kier molecular flexibility index (Phi) is 5.86. The highest BCUT2D eigenvalue weighted by molar-refractivity contribution is 6.36. The molecular formula is C25H18Cl2O4. The van der Waals surface area contributed by atoms with Gasteiger partial charge in [-0.2, -0.15) is 0 Å². The molecule has 0 unspecified atom stereocenters. The first-order valence-electron chi connectivity index (χ1n) is 9.59. The largest absolute Gasteiger partial charge is 0.478 e. The number of ether oxygens (including phenoxy) is 1. The minimum atomic E-state index is -0.375. The molecule has 31 heavy (non-hydrogen) atoms. The van der Waals surface area contributed by atoms with Gasteiger partial charge in [0.2, 0.25) is 17.0 Å². The molecule has 0 aliphatic carbocycles. The van der Waals surface area contributed by atoms with Gasteiger partial charge in [0, 0.05) is 16.1 Å². The van der Waals surface area contributed by atoms with Crippen molar-refractivity contribution in [2.75, 3.05) is 6.61 Å². The number of halogens is 2. The molecule has 0 saturated heterocycles. The monoisotopic (exact) mass is 452 g/mol. The van der Waals surface area contributed by atoms with Crippen LogP contribution in [0.2, 0.25) is 10.0 Å². The average molecular weight is 453 g/mol. The number of aryl methyl sites for hydroxylation is 2. The number of carbonyl (C=O) groups excluding carboxylic acids is 1. The van der Waals surface area contributed by atoms with Crippen molar-refractivity contribution < 1.29 is 13.9 Å². The van der Waals surface area contributed by atoms with Crippen LogP contribution in [0.3, 0.4) is 0 Å². The summed E-state index contributed by atoms with van der Waals surface area (Å²) in [5.74, 6) is -0.114. The molecule has 4 nitrogen and oxygen atoms in total. The number of ketones is 1. The highest BCUT2D eigenvalue weighted by Gasteiger charge is 2.20. The van der Waals surface area contributed by atoms with E-state index in [0.717, 1.165) is 11.1 Å². The van der Waals surface area contributed by atoms with Crippen molar-refractivity contribution in [3.63, 3.8) is 0 Å². The van der Waals surface area contributed by atoms with Crippen LogP contribution < -0.4 is 10.2 Å². The predicted octanol–water partition coefficient (Wildman–Crippen LogP) is 6.65. The third kappa shape index (κ3) is 4.36. The maximum absolute atomic E-state index is 13.2. The van der Waals surface area contributed by atoms with Gasteiger partial charge in [-0.1, -0.05) is 59.1 Å². The van der Waals surface area contributed by atoms with Crippen LogP contribution in [0.15, 0.2) is 69.9 Å². The van der Waals surface area contributed by atoms with Gasteiger partial charge in [-0.25, -0.2) is 0 Å². The van der Waals surface area contributed by atoms with Gasteiger partial charge in [-0.15, -0.1) is 0 Å². The van der Waals surface area contributed by atoms with Crippen LogP contribution in [0.5, 0.6) is 5.75 Å². The van der Waals surface area contributed by atoms with Crippen LogP contribution in [0, 0.1) is 13.8 Å². The molecule has 0 radical (unpaired) electrons. The van der Waals surface area contributed by atoms with E-state index in [1.165, 1.54) is 12.1 Å². The van der Waals surface area contributed by atoms with Crippen LogP contribution in [-0.4, -0.2) is 12.4 Å². The first-order chi connectivity index (χ1) is 14.8. The lowest BCUT2D eigenvalue weighted by Crippen LogP contribution is -2.17. The highest BCUT2D eigenvalue weighted by atomic mass is 35.5. The zero-order valence-corrected chi connectivity index (χ0v) is 18.4. The number of Topliss-reactive ketones (excluding diaryl/α,β-unsaturated/α-hetero) is 1. The molecule has 0 saturated carbocycles. The molecule has 0 bridgehead atoms. The maximum atomic E-state index is 13.2. The van der Waals surface area contributed by atoms with Crippen LogP contribution in [0.25, 0.3) is 22.3 Å². The molecule has 0 fully saturated rings. The van der Waals surface area contributed by atoms with Crippen molar-refractivity contribution in [3.05, 3.63) is 97.6 Å². The SMILES string of the molecule is Cc1ccc(-c2oc3cc(C)ccc3c(=O)c2OCC(=O)c2ccc(Cl)cc2Cl)cc1. The summed E-state index contributed by atoms with van der Waals surface area (Å²) in [5.41, 5.74) is 3.10. The lowest BCUT2D eigenvalue weighted by Gasteiger charge is -2.12. The zero-order valence-electron chi connectivity index (χ0n) is 16.9. The molecule has 1 aromatic heterocycles. The van der Waals surface area contributed by atoms with Crippen LogP contribution >= 0.6 is 23.2 Å². The molecule has 0 atom stereocenters. The van der Waals surface area contributed by atoms with Crippen molar-refractivity contribution in [3.8, 4) is 17.1 Å². The van der Waals surface area contributed by atoms with E-state index >= 15 is 0 Å². The van der Waals surface area contributed by atoms with Gasteiger partial charge in [-0.05, 0) is 49.7 Å².